The van der Waals surface area contributed by atoms with Gasteiger partial charge in [-0.3, -0.25) is 4.99 Å². The zero-order valence-corrected chi connectivity index (χ0v) is 17.5. The Kier molecular flexibility index (Phi) is 7.39. The number of nitrogens with one attached hydrogen (secondary N) is 1. The van der Waals surface area contributed by atoms with Crippen LogP contribution >= 0.6 is 0 Å². The Bertz CT molecular complexity index is 613. The number of benzene rings is 1. The lowest BCUT2D eigenvalue weighted by Crippen LogP contribution is -2.52. The number of hydrogen-bond acceptors (Lipinski definition) is 3. The highest BCUT2D eigenvalue weighted by molar-refractivity contribution is 5.80. The molecule has 2 saturated heterocycles. The number of piperazine rings is 1. The molecule has 5 nitrogen and oxygen atoms in total. The highest BCUT2D eigenvalue weighted by Crippen LogP contribution is 2.23. The number of unbranched alkanes of at least 4 members (excludes halogenated alkanes) is 1. The topological polar surface area (TPSA) is 34.1 Å². The molecule has 0 saturated carbocycles. The number of rotatable bonds is 6. The molecular formula is C22H37N5. The molecule has 0 unspecified atom stereocenters. The van der Waals surface area contributed by atoms with Crippen molar-refractivity contribution in [3.05, 3.63) is 29.3 Å². The van der Waals surface area contributed by atoms with Gasteiger partial charge in [0, 0.05) is 45.5 Å². The third-order valence-corrected chi connectivity index (χ3v) is 6.09. The first-order valence-corrected chi connectivity index (χ1v) is 10.7. The van der Waals surface area contributed by atoms with E-state index in [-0.39, 0.29) is 0 Å². The van der Waals surface area contributed by atoms with E-state index in [1.165, 1.54) is 62.1 Å². The summed E-state index contributed by atoms with van der Waals surface area (Å²) < 4.78 is 0. The maximum Gasteiger partial charge on any atom is 0.193 e. The normalized spacial score (nSPS) is 19.0. The van der Waals surface area contributed by atoms with Crippen molar-refractivity contribution in [3.8, 4) is 0 Å². The monoisotopic (exact) mass is 371 g/mol. The van der Waals surface area contributed by atoms with Crippen molar-refractivity contribution in [2.24, 2.45) is 4.99 Å². The first kappa shape index (κ1) is 20.0. The van der Waals surface area contributed by atoms with Crippen LogP contribution < -0.4 is 10.2 Å². The van der Waals surface area contributed by atoms with Gasteiger partial charge in [-0.1, -0.05) is 12.1 Å². The van der Waals surface area contributed by atoms with Gasteiger partial charge in [-0.15, -0.1) is 0 Å². The second-order valence-electron chi connectivity index (χ2n) is 7.92. The lowest BCUT2D eigenvalue weighted by atomic mass is 10.1. The second kappa shape index (κ2) is 9.98. The van der Waals surface area contributed by atoms with Gasteiger partial charge in [-0.25, -0.2) is 0 Å². The maximum absolute atomic E-state index is 4.52. The summed E-state index contributed by atoms with van der Waals surface area (Å²) in [4.78, 5) is 12.0. The molecule has 0 aliphatic carbocycles. The lowest BCUT2D eigenvalue weighted by Gasteiger charge is -2.38. The highest BCUT2D eigenvalue weighted by Gasteiger charge is 2.21. The molecule has 0 radical (unpaired) electrons. The van der Waals surface area contributed by atoms with E-state index in [1.54, 1.807) is 0 Å². The van der Waals surface area contributed by atoms with E-state index >= 15 is 0 Å². The van der Waals surface area contributed by atoms with Crippen LogP contribution in [0.2, 0.25) is 0 Å². The number of aliphatic imine (C=N–C) groups is 1. The number of aryl methyl sites for hydroxylation is 1. The lowest BCUT2D eigenvalue weighted by molar-refractivity contribution is 0.329. The minimum Gasteiger partial charge on any atom is -0.368 e. The standard InChI is InChI=1S/C22H37N5/c1-19-9-8-10-21(20(19)2)26-15-17-27(18-16-26)22(23-3)24-11-4-5-12-25-13-6-7-14-25/h8-10H,4-7,11-18H2,1-3H3,(H,23,24). The first-order valence-electron chi connectivity index (χ1n) is 10.7. The van der Waals surface area contributed by atoms with Crippen molar-refractivity contribution in [2.75, 3.05) is 64.3 Å². The summed E-state index contributed by atoms with van der Waals surface area (Å²) in [6, 6.07) is 6.63. The van der Waals surface area contributed by atoms with Crippen LogP contribution in [0.3, 0.4) is 0 Å². The van der Waals surface area contributed by atoms with E-state index in [9.17, 15) is 0 Å². The molecule has 1 aromatic carbocycles. The summed E-state index contributed by atoms with van der Waals surface area (Å²) in [5, 5.41) is 3.58. The van der Waals surface area contributed by atoms with Crippen molar-refractivity contribution in [1.29, 1.82) is 0 Å². The van der Waals surface area contributed by atoms with Crippen LogP contribution in [0.25, 0.3) is 0 Å². The molecule has 2 heterocycles. The molecular weight excluding hydrogens is 334 g/mol. The van der Waals surface area contributed by atoms with Crippen LogP contribution in [0.4, 0.5) is 5.69 Å². The zero-order valence-electron chi connectivity index (χ0n) is 17.5. The molecule has 5 heteroatoms. The molecule has 2 aliphatic rings. The van der Waals surface area contributed by atoms with E-state index in [4.69, 9.17) is 0 Å². The van der Waals surface area contributed by atoms with Gasteiger partial charge in [0.05, 0.1) is 0 Å². The van der Waals surface area contributed by atoms with Gasteiger partial charge in [0.15, 0.2) is 5.96 Å². The molecule has 0 aromatic heterocycles. The van der Waals surface area contributed by atoms with E-state index in [2.05, 4.69) is 57.1 Å². The van der Waals surface area contributed by atoms with Crippen molar-refractivity contribution >= 4 is 11.6 Å². The van der Waals surface area contributed by atoms with Crippen molar-refractivity contribution < 1.29 is 0 Å². The minimum absolute atomic E-state index is 1.03. The summed E-state index contributed by atoms with van der Waals surface area (Å²) in [5.41, 5.74) is 4.17. The zero-order chi connectivity index (χ0) is 19.1. The number of hydrogen-bond donors (Lipinski definition) is 1. The predicted octanol–water partition coefficient (Wildman–Crippen LogP) is 2.88. The Morgan fingerprint density at radius 1 is 1.00 bits per heavy atom. The van der Waals surface area contributed by atoms with Gasteiger partial charge in [0.25, 0.3) is 0 Å². The van der Waals surface area contributed by atoms with Crippen molar-refractivity contribution in [2.45, 2.75) is 39.5 Å². The molecule has 0 atom stereocenters. The largest absolute Gasteiger partial charge is 0.368 e. The summed E-state index contributed by atoms with van der Waals surface area (Å²) in [6.07, 6.45) is 5.28. The van der Waals surface area contributed by atoms with E-state index in [1.807, 2.05) is 7.05 Å². The van der Waals surface area contributed by atoms with Crippen LogP contribution in [0.5, 0.6) is 0 Å². The molecule has 0 amide bonds. The number of likely N-dealkylation sites (tertiary alicyclic amines) is 1. The molecule has 0 spiro atoms. The van der Waals surface area contributed by atoms with Crippen LogP contribution in [0.1, 0.15) is 36.8 Å². The fourth-order valence-corrected chi connectivity index (χ4v) is 4.24. The van der Waals surface area contributed by atoms with Crippen molar-refractivity contribution in [1.82, 2.24) is 15.1 Å². The summed E-state index contributed by atoms with van der Waals surface area (Å²) in [6.45, 7) is 13.5. The van der Waals surface area contributed by atoms with Gasteiger partial charge >= 0.3 is 0 Å². The van der Waals surface area contributed by atoms with Gasteiger partial charge < -0.3 is 20.0 Å². The Hall–Kier alpha value is -1.75. The number of anilines is 1. The molecule has 2 aliphatic heterocycles. The molecule has 150 valence electrons. The predicted molar refractivity (Wildman–Crippen MR) is 116 cm³/mol. The summed E-state index contributed by atoms with van der Waals surface area (Å²) >= 11 is 0. The average molecular weight is 372 g/mol. The van der Waals surface area contributed by atoms with Crippen LogP contribution in [-0.4, -0.2) is 75.2 Å². The quantitative estimate of drug-likeness (QED) is 0.474. The van der Waals surface area contributed by atoms with Gasteiger partial charge in [-0.2, -0.15) is 0 Å². The average Bonchev–Trinajstić information content (AvgIpc) is 3.21. The van der Waals surface area contributed by atoms with Crippen LogP contribution in [-0.2, 0) is 0 Å². The molecule has 3 rings (SSSR count). The number of guanidine groups is 1. The summed E-state index contributed by atoms with van der Waals surface area (Å²) in [5.74, 6) is 1.07. The third kappa shape index (κ3) is 5.38. The third-order valence-electron chi connectivity index (χ3n) is 6.09. The minimum atomic E-state index is 1.03. The molecule has 0 bridgehead atoms. The van der Waals surface area contributed by atoms with Gasteiger partial charge in [0.2, 0.25) is 0 Å². The van der Waals surface area contributed by atoms with Crippen LogP contribution in [0, 0.1) is 13.8 Å². The van der Waals surface area contributed by atoms with E-state index in [0.29, 0.717) is 0 Å². The smallest absolute Gasteiger partial charge is 0.193 e. The SMILES string of the molecule is CN=C(NCCCCN1CCCC1)N1CCN(c2cccc(C)c2C)CC1. The molecule has 27 heavy (non-hydrogen) atoms. The maximum atomic E-state index is 4.52. The van der Waals surface area contributed by atoms with Crippen LogP contribution in [0.15, 0.2) is 23.2 Å². The highest BCUT2D eigenvalue weighted by atomic mass is 15.3. The molecule has 1 N–H and O–H groups in total. The Balaban J connectivity index is 1.40. The first-order chi connectivity index (χ1) is 13.2. The Morgan fingerprint density at radius 3 is 2.44 bits per heavy atom. The Morgan fingerprint density at radius 2 is 1.74 bits per heavy atom. The van der Waals surface area contributed by atoms with Gasteiger partial charge in [-0.05, 0) is 76.4 Å². The van der Waals surface area contributed by atoms with E-state index < -0.39 is 0 Å². The Labute approximate surface area is 165 Å². The van der Waals surface area contributed by atoms with Gasteiger partial charge in [0.1, 0.15) is 0 Å². The van der Waals surface area contributed by atoms with Crippen molar-refractivity contribution in [3.63, 3.8) is 0 Å². The molecule has 1 aromatic rings. The fourth-order valence-electron chi connectivity index (χ4n) is 4.24. The second-order valence-corrected chi connectivity index (χ2v) is 7.92. The number of nitrogens with zero attached hydrogens (tertiary/aromatic N) is 4. The summed E-state index contributed by atoms with van der Waals surface area (Å²) in [7, 11) is 1.91. The van der Waals surface area contributed by atoms with E-state index in [0.717, 1.165) is 38.7 Å². The molecule has 2 fully saturated rings. The fraction of sp³-hybridized carbons (Fsp3) is 0.682.